The van der Waals surface area contributed by atoms with Gasteiger partial charge in [-0.3, -0.25) is 14.3 Å². The second-order valence-corrected chi connectivity index (χ2v) is 5.80. The van der Waals surface area contributed by atoms with Crippen molar-refractivity contribution in [2.75, 3.05) is 16.8 Å². The Labute approximate surface area is 136 Å². The van der Waals surface area contributed by atoms with Crippen LogP contribution in [0.4, 0.5) is 15.8 Å². The molecule has 3 rings (SSSR count). The Morgan fingerprint density at radius 1 is 1.48 bits per heavy atom. The largest absolute Gasteiger partial charge is 0.323 e. The maximum Gasteiger partial charge on any atom is 0.229 e. The van der Waals surface area contributed by atoms with E-state index in [0.29, 0.717) is 11.4 Å². The number of halogens is 2. The molecule has 1 saturated heterocycles. The fourth-order valence-corrected chi connectivity index (χ4v) is 2.69. The number of anilines is 2. The summed E-state index contributed by atoms with van der Waals surface area (Å²) in [5.41, 5.74) is 1.06. The average Bonchev–Trinajstić information content (AvgIpc) is 3.08. The van der Waals surface area contributed by atoms with Crippen LogP contribution in [0.3, 0.4) is 0 Å². The van der Waals surface area contributed by atoms with Crippen LogP contribution in [0.1, 0.15) is 6.42 Å². The van der Waals surface area contributed by atoms with Gasteiger partial charge in [-0.1, -0.05) is 11.6 Å². The van der Waals surface area contributed by atoms with Gasteiger partial charge in [0.15, 0.2) is 0 Å². The van der Waals surface area contributed by atoms with Crippen LogP contribution in [0.2, 0.25) is 5.02 Å². The van der Waals surface area contributed by atoms with E-state index in [-0.39, 0.29) is 29.8 Å². The van der Waals surface area contributed by atoms with Crippen LogP contribution in [0.5, 0.6) is 0 Å². The van der Waals surface area contributed by atoms with Crippen LogP contribution >= 0.6 is 11.6 Å². The zero-order chi connectivity index (χ0) is 16.6. The molecule has 1 aromatic heterocycles. The summed E-state index contributed by atoms with van der Waals surface area (Å²) < 4.78 is 14.8. The van der Waals surface area contributed by atoms with Crippen LogP contribution in [0.15, 0.2) is 30.6 Å². The molecule has 0 aliphatic carbocycles. The van der Waals surface area contributed by atoms with Gasteiger partial charge in [-0.05, 0) is 18.2 Å². The molecule has 2 amide bonds. The third-order valence-electron chi connectivity index (χ3n) is 3.68. The SMILES string of the molecule is Cn1cc(NC(=O)[C@@H]2CC(=O)N(c3ccc(F)c(Cl)c3)C2)cn1. The molecule has 1 aromatic carbocycles. The Kier molecular flexibility index (Phi) is 4.04. The molecule has 0 spiro atoms. The van der Waals surface area contributed by atoms with Gasteiger partial charge in [0.2, 0.25) is 11.8 Å². The molecule has 6 nitrogen and oxygen atoms in total. The van der Waals surface area contributed by atoms with Crippen molar-refractivity contribution < 1.29 is 14.0 Å². The maximum absolute atomic E-state index is 13.2. The summed E-state index contributed by atoms with van der Waals surface area (Å²) in [6.07, 6.45) is 3.31. The molecule has 0 radical (unpaired) electrons. The normalized spacial score (nSPS) is 17.6. The first-order valence-electron chi connectivity index (χ1n) is 6.99. The Bertz CT molecular complexity index is 777. The van der Waals surface area contributed by atoms with Gasteiger partial charge >= 0.3 is 0 Å². The molecule has 1 fully saturated rings. The summed E-state index contributed by atoms with van der Waals surface area (Å²) in [6, 6.07) is 4.06. The van der Waals surface area contributed by atoms with Crippen LogP contribution in [0.25, 0.3) is 0 Å². The second-order valence-electron chi connectivity index (χ2n) is 5.40. The first-order valence-corrected chi connectivity index (χ1v) is 7.37. The van der Waals surface area contributed by atoms with E-state index in [0.717, 1.165) is 0 Å². The molecule has 1 atom stereocenters. The van der Waals surface area contributed by atoms with Crippen LogP contribution in [-0.2, 0) is 16.6 Å². The molecule has 120 valence electrons. The number of hydrogen-bond donors (Lipinski definition) is 1. The van der Waals surface area contributed by atoms with Gasteiger partial charge < -0.3 is 10.2 Å². The zero-order valence-corrected chi connectivity index (χ0v) is 13.0. The molecule has 1 aliphatic heterocycles. The Balaban J connectivity index is 1.71. The minimum Gasteiger partial charge on any atom is -0.323 e. The van der Waals surface area contributed by atoms with Gasteiger partial charge in [-0.25, -0.2) is 4.39 Å². The van der Waals surface area contributed by atoms with Crippen molar-refractivity contribution in [2.45, 2.75) is 6.42 Å². The van der Waals surface area contributed by atoms with E-state index in [9.17, 15) is 14.0 Å². The number of aryl methyl sites for hydroxylation is 1. The lowest BCUT2D eigenvalue weighted by Gasteiger charge is -2.17. The standard InChI is InChI=1S/C15H14ClFN4O2/c1-20-8-10(6-18-20)19-15(23)9-4-14(22)21(7-9)11-2-3-13(17)12(16)5-11/h2-3,5-6,8-9H,4,7H2,1H3,(H,19,23)/t9-/m1/s1. The molecule has 0 unspecified atom stereocenters. The Hall–Kier alpha value is -2.41. The highest BCUT2D eigenvalue weighted by molar-refractivity contribution is 6.31. The molecule has 0 saturated carbocycles. The Morgan fingerprint density at radius 3 is 2.91 bits per heavy atom. The summed E-state index contributed by atoms with van der Waals surface area (Å²) in [5, 5.41) is 6.64. The van der Waals surface area contributed by atoms with E-state index in [1.165, 1.54) is 29.3 Å². The third kappa shape index (κ3) is 3.19. The lowest BCUT2D eigenvalue weighted by molar-refractivity contribution is -0.122. The molecule has 2 heterocycles. The number of carbonyl (C=O) groups is 2. The molecular formula is C15H14ClFN4O2. The summed E-state index contributed by atoms with van der Waals surface area (Å²) in [6.45, 7) is 0.229. The lowest BCUT2D eigenvalue weighted by atomic mass is 10.1. The third-order valence-corrected chi connectivity index (χ3v) is 3.97. The first-order chi connectivity index (χ1) is 10.9. The minimum absolute atomic E-state index is 0.0569. The highest BCUT2D eigenvalue weighted by Crippen LogP contribution is 2.29. The predicted octanol–water partition coefficient (Wildman–Crippen LogP) is 2.20. The summed E-state index contributed by atoms with van der Waals surface area (Å²) in [4.78, 5) is 25.8. The van der Waals surface area contributed by atoms with Crippen LogP contribution < -0.4 is 10.2 Å². The average molecular weight is 337 g/mol. The molecular weight excluding hydrogens is 323 g/mol. The van der Waals surface area contributed by atoms with Crippen LogP contribution in [0, 0.1) is 11.7 Å². The van der Waals surface area contributed by atoms with Crippen molar-refractivity contribution in [3.63, 3.8) is 0 Å². The van der Waals surface area contributed by atoms with E-state index in [2.05, 4.69) is 10.4 Å². The number of benzene rings is 1. The number of aromatic nitrogens is 2. The Morgan fingerprint density at radius 2 is 2.26 bits per heavy atom. The second kappa shape index (κ2) is 6.00. The topological polar surface area (TPSA) is 67.2 Å². The minimum atomic E-state index is -0.548. The van der Waals surface area contributed by atoms with Gasteiger partial charge in [0.05, 0.1) is 22.8 Å². The van der Waals surface area contributed by atoms with Gasteiger partial charge in [0.25, 0.3) is 0 Å². The smallest absolute Gasteiger partial charge is 0.229 e. The summed E-state index contributed by atoms with van der Waals surface area (Å²) >= 11 is 5.75. The summed E-state index contributed by atoms with van der Waals surface area (Å²) in [5.74, 6) is -1.47. The van der Waals surface area contributed by atoms with Gasteiger partial charge in [-0.15, -0.1) is 0 Å². The highest BCUT2D eigenvalue weighted by Gasteiger charge is 2.35. The fourth-order valence-electron chi connectivity index (χ4n) is 2.52. The molecule has 0 bridgehead atoms. The highest BCUT2D eigenvalue weighted by atomic mass is 35.5. The molecule has 1 N–H and O–H groups in total. The lowest BCUT2D eigenvalue weighted by Crippen LogP contribution is -2.28. The number of rotatable bonds is 3. The van der Waals surface area contributed by atoms with Crippen molar-refractivity contribution in [3.8, 4) is 0 Å². The molecule has 8 heteroatoms. The predicted molar refractivity (Wildman–Crippen MR) is 83.7 cm³/mol. The first kappa shape index (κ1) is 15.5. The van der Waals surface area contributed by atoms with Crippen molar-refractivity contribution in [2.24, 2.45) is 13.0 Å². The molecule has 1 aliphatic rings. The number of nitrogens with one attached hydrogen (secondary N) is 1. The van der Waals surface area contributed by atoms with Gasteiger partial charge in [0.1, 0.15) is 5.82 Å². The van der Waals surface area contributed by atoms with E-state index >= 15 is 0 Å². The summed E-state index contributed by atoms with van der Waals surface area (Å²) in [7, 11) is 1.74. The number of amides is 2. The van der Waals surface area contributed by atoms with Crippen LogP contribution in [-0.4, -0.2) is 28.1 Å². The van der Waals surface area contributed by atoms with E-state index < -0.39 is 11.7 Å². The van der Waals surface area contributed by atoms with E-state index in [1.54, 1.807) is 17.9 Å². The van der Waals surface area contributed by atoms with Gasteiger partial charge in [-0.2, -0.15) is 5.10 Å². The number of hydrogen-bond acceptors (Lipinski definition) is 3. The molecule has 2 aromatic rings. The van der Waals surface area contributed by atoms with Crippen molar-refractivity contribution >= 4 is 34.8 Å². The fraction of sp³-hybridized carbons (Fsp3) is 0.267. The number of nitrogens with zero attached hydrogens (tertiary/aromatic N) is 3. The van der Waals surface area contributed by atoms with E-state index in [1.807, 2.05) is 0 Å². The quantitative estimate of drug-likeness (QED) is 0.934. The van der Waals surface area contributed by atoms with Gasteiger partial charge in [0, 0.05) is 31.9 Å². The van der Waals surface area contributed by atoms with Crippen molar-refractivity contribution in [1.82, 2.24) is 9.78 Å². The zero-order valence-electron chi connectivity index (χ0n) is 12.3. The van der Waals surface area contributed by atoms with E-state index in [4.69, 9.17) is 11.6 Å². The van der Waals surface area contributed by atoms with Crippen molar-refractivity contribution in [1.29, 1.82) is 0 Å². The maximum atomic E-state index is 13.2. The molecule has 23 heavy (non-hydrogen) atoms. The van der Waals surface area contributed by atoms with Crippen molar-refractivity contribution in [3.05, 3.63) is 41.4 Å². The monoisotopic (exact) mass is 336 g/mol. The number of carbonyl (C=O) groups excluding carboxylic acids is 2.